The Hall–Kier alpha value is -0.340. The van der Waals surface area contributed by atoms with E-state index in [1.807, 2.05) is 0 Å². The quantitative estimate of drug-likeness (QED) is 0.769. The van der Waals surface area contributed by atoms with Crippen LogP contribution in [0.1, 0.15) is 38.7 Å². The van der Waals surface area contributed by atoms with Gasteiger partial charge in [-0.05, 0) is 48.9 Å². The minimum absolute atomic E-state index is 0.741. The van der Waals surface area contributed by atoms with Crippen molar-refractivity contribution in [3.05, 3.63) is 34.3 Å². The zero-order chi connectivity index (χ0) is 13.7. The maximum atomic E-state index is 3.68. The van der Waals surface area contributed by atoms with E-state index in [-0.39, 0.29) is 0 Å². The molecule has 0 bridgehead atoms. The Morgan fingerprint density at radius 2 is 1.95 bits per heavy atom. The second kappa shape index (κ2) is 7.44. The summed E-state index contributed by atoms with van der Waals surface area (Å²) >= 11 is 3.68. The molecule has 1 aromatic rings. The van der Waals surface area contributed by atoms with Crippen molar-refractivity contribution in [3.8, 4) is 0 Å². The van der Waals surface area contributed by atoms with Crippen LogP contribution in [-0.4, -0.2) is 13.1 Å². The molecule has 0 aliphatic heterocycles. The third kappa shape index (κ3) is 4.61. The highest BCUT2D eigenvalue weighted by molar-refractivity contribution is 9.10. The lowest BCUT2D eigenvalue weighted by Gasteiger charge is -2.34. The zero-order valence-corrected chi connectivity index (χ0v) is 13.7. The highest BCUT2D eigenvalue weighted by Crippen LogP contribution is 2.35. The Balaban J connectivity index is 1.92. The van der Waals surface area contributed by atoms with Gasteiger partial charge in [-0.3, -0.25) is 0 Å². The monoisotopic (exact) mass is 323 g/mol. The minimum Gasteiger partial charge on any atom is -0.316 e. The number of halogens is 1. The molecule has 1 aromatic carbocycles. The second-order valence-corrected chi connectivity index (χ2v) is 7.15. The maximum Gasteiger partial charge on any atom is 0.0207 e. The van der Waals surface area contributed by atoms with Gasteiger partial charge in [-0.1, -0.05) is 67.2 Å². The van der Waals surface area contributed by atoms with Crippen molar-refractivity contribution in [3.63, 3.8) is 0 Å². The number of benzene rings is 1. The van der Waals surface area contributed by atoms with Gasteiger partial charge in [0.05, 0.1) is 0 Å². The van der Waals surface area contributed by atoms with E-state index in [4.69, 9.17) is 0 Å². The summed E-state index contributed by atoms with van der Waals surface area (Å²) in [7, 11) is 0. The molecule has 19 heavy (non-hydrogen) atoms. The summed E-state index contributed by atoms with van der Waals surface area (Å²) in [5, 5.41) is 3.66. The van der Waals surface area contributed by atoms with Gasteiger partial charge >= 0.3 is 0 Å². The van der Waals surface area contributed by atoms with Gasteiger partial charge in [0.2, 0.25) is 0 Å². The summed E-state index contributed by atoms with van der Waals surface area (Å²) in [5.41, 5.74) is 1.46. The normalized spacial score (nSPS) is 17.5. The van der Waals surface area contributed by atoms with E-state index in [2.05, 4.69) is 59.4 Å². The van der Waals surface area contributed by atoms with Crippen LogP contribution >= 0.6 is 15.9 Å². The van der Waals surface area contributed by atoms with Gasteiger partial charge in [-0.15, -0.1) is 0 Å². The van der Waals surface area contributed by atoms with Crippen LogP contribution in [-0.2, 0) is 6.42 Å². The molecule has 1 saturated carbocycles. The molecule has 106 valence electrons. The van der Waals surface area contributed by atoms with E-state index in [9.17, 15) is 0 Å². The summed E-state index contributed by atoms with van der Waals surface area (Å²) in [6.45, 7) is 6.86. The average molecular weight is 324 g/mol. The molecule has 1 N–H and O–H groups in total. The first-order chi connectivity index (χ1) is 9.16. The molecule has 2 heteroatoms. The predicted molar refractivity (Wildman–Crippen MR) is 86.4 cm³/mol. The molecule has 0 heterocycles. The molecule has 1 fully saturated rings. The third-order valence-electron chi connectivity index (χ3n) is 4.22. The highest BCUT2D eigenvalue weighted by Gasteiger charge is 2.27. The van der Waals surface area contributed by atoms with Crippen molar-refractivity contribution in [1.82, 2.24) is 5.32 Å². The van der Waals surface area contributed by atoms with Crippen molar-refractivity contribution < 1.29 is 0 Å². The molecule has 0 aromatic heterocycles. The summed E-state index contributed by atoms with van der Waals surface area (Å²) in [6.07, 6.45) is 5.50. The SMILES string of the molecule is CC(C)CNCC(Cc1ccccc1Br)C1CCC1. The number of hydrogen-bond acceptors (Lipinski definition) is 1. The Morgan fingerprint density at radius 1 is 1.21 bits per heavy atom. The van der Waals surface area contributed by atoms with E-state index in [1.54, 1.807) is 0 Å². The van der Waals surface area contributed by atoms with E-state index >= 15 is 0 Å². The largest absolute Gasteiger partial charge is 0.316 e. The van der Waals surface area contributed by atoms with Crippen molar-refractivity contribution in [1.29, 1.82) is 0 Å². The van der Waals surface area contributed by atoms with Gasteiger partial charge in [0.15, 0.2) is 0 Å². The average Bonchev–Trinajstić information content (AvgIpc) is 2.29. The third-order valence-corrected chi connectivity index (χ3v) is 4.99. The molecule has 0 spiro atoms. The second-order valence-electron chi connectivity index (χ2n) is 6.30. The lowest BCUT2D eigenvalue weighted by atomic mass is 9.73. The highest BCUT2D eigenvalue weighted by atomic mass is 79.9. The fourth-order valence-corrected chi connectivity index (χ4v) is 3.27. The minimum atomic E-state index is 0.741. The molecule has 2 rings (SSSR count). The molecule has 1 unspecified atom stereocenters. The molecule has 1 aliphatic rings. The van der Waals surface area contributed by atoms with Crippen LogP contribution in [0.5, 0.6) is 0 Å². The Labute approximate surface area is 126 Å². The van der Waals surface area contributed by atoms with E-state index in [0.29, 0.717) is 0 Å². The molecule has 1 nitrogen and oxygen atoms in total. The summed E-state index contributed by atoms with van der Waals surface area (Å²) < 4.78 is 1.27. The Bertz CT molecular complexity index is 385. The molecule has 0 radical (unpaired) electrons. The van der Waals surface area contributed by atoms with Gasteiger partial charge in [0, 0.05) is 4.47 Å². The lowest BCUT2D eigenvalue weighted by molar-refractivity contribution is 0.198. The zero-order valence-electron chi connectivity index (χ0n) is 12.2. The Morgan fingerprint density at radius 3 is 2.53 bits per heavy atom. The number of hydrogen-bond donors (Lipinski definition) is 1. The smallest absolute Gasteiger partial charge is 0.0207 e. The van der Waals surface area contributed by atoms with Gasteiger partial charge < -0.3 is 5.32 Å². The van der Waals surface area contributed by atoms with Crippen LogP contribution in [0.3, 0.4) is 0 Å². The van der Waals surface area contributed by atoms with Gasteiger partial charge in [0.1, 0.15) is 0 Å². The lowest BCUT2D eigenvalue weighted by Crippen LogP contribution is -2.34. The van der Waals surface area contributed by atoms with E-state index < -0.39 is 0 Å². The number of rotatable bonds is 7. The van der Waals surface area contributed by atoms with Gasteiger partial charge in [-0.25, -0.2) is 0 Å². The van der Waals surface area contributed by atoms with Gasteiger partial charge in [-0.2, -0.15) is 0 Å². The first kappa shape index (κ1) is 15.1. The topological polar surface area (TPSA) is 12.0 Å². The first-order valence-corrected chi connectivity index (χ1v) is 8.40. The van der Waals surface area contributed by atoms with Crippen molar-refractivity contribution in [2.45, 2.75) is 39.5 Å². The molecule has 1 aliphatic carbocycles. The number of nitrogens with one attached hydrogen (secondary N) is 1. The van der Waals surface area contributed by atoms with E-state index in [0.717, 1.165) is 24.3 Å². The maximum absolute atomic E-state index is 3.68. The Kier molecular flexibility index (Phi) is 5.90. The molecule has 0 saturated heterocycles. The summed E-state index contributed by atoms with van der Waals surface area (Å²) in [6, 6.07) is 8.68. The fraction of sp³-hybridized carbons (Fsp3) is 0.647. The van der Waals surface area contributed by atoms with Crippen LogP contribution in [0, 0.1) is 17.8 Å². The van der Waals surface area contributed by atoms with Crippen LogP contribution in [0.4, 0.5) is 0 Å². The van der Waals surface area contributed by atoms with Crippen molar-refractivity contribution >= 4 is 15.9 Å². The predicted octanol–water partition coefficient (Wildman–Crippen LogP) is 4.65. The van der Waals surface area contributed by atoms with Crippen LogP contribution in [0.15, 0.2) is 28.7 Å². The van der Waals surface area contributed by atoms with Crippen LogP contribution in [0.25, 0.3) is 0 Å². The van der Waals surface area contributed by atoms with Crippen molar-refractivity contribution in [2.24, 2.45) is 17.8 Å². The standard InChI is InChI=1S/C17H26BrN/c1-13(2)11-19-12-16(14-7-5-8-14)10-15-6-3-4-9-17(15)18/h3-4,6,9,13-14,16,19H,5,7-8,10-12H2,1-2H3. The molecule has 1 atom stereocenters. The van der Waals surface area contributed by atoms with Crippen molar-refractivity contribution in [2.75, 3.05) is 13.1 Å². The molecular weight excluding hydrogens is 298 g/mol. The fourth-order valence-electron chi connectivity index (χ4n) is 2.82. The van der Waals surface area contributed by atoms with Crippen LogP contribution < -0.4 is 5.32 Å². The summed E-state index contributed by atoms with van der Waals surface area (Å²) in [4.78, 5) is 0. The van der Waals surface area contributed by atoms with Gasteiger partial charge in [0.25, 0.3) is 0 Å². The van der Waals surface area contributed by atoms with E-state index in [1.165, 1.54) is 42.3 Å². The summed E-state index contributed by atoms with van der Waals surface area (Å²) in [5.74, 6) is 2.48. The van der Waals surface area contributed by atoms with Crippen LogP contribution in [0.2, 0.25) is 0 Å². The molecular formula is C17H26BrN. The first-order valence-electron chi connectivity index (χ1n) is 7.61. The molecule has 0 amide bonds.